The summed E-state index contributed by atoms with van der Waals surface area (Å²) >= 11 is 0. The minimum atomic E-state index is -0.182. The Labute approximate surface area is 226 Å². The van der Waals surface area contributed by atoms with Gasteiger partial charge in [0.25, 0.3) is 0 Å². The molecule has 1 aromatic rings. The molecule has 34 heavy (non-hydrogen) atoms. The largest absolute Gasteiger partial charge is 1.00 e. The molecule has 0 spiro atoms. The van der Waals surface area contributed by atoms with Gasteiger partial charge in [-0.25, -0.2) is 0 Å². The van der Waals surface area contributed by atoms with Crippen LogP contribution in [0.15, 0.2) is 0 Å². The minimum Gasteiger partial charge on any atom is -0.393 e. The third kappa shape index (κ3) is 4.36. The number of hydrogen-bond donors (Lipinski definition) is 1. The normalized spacial score (nSPS) is 44.3. The smallest absolute Gasteiger partial charge is 0.393 e. The fourth-order valence-electron chi connectivity index (χ4n) is 9.30. The second-order valence-electron chi connectivity index (χ2n) is 12.3. The summed E-state index contributed by atoms with van der Waals surface area (Å²) in [7, 11) is 1.84. The zero-order valence-electron chi connectivity index (χ0n) is 21.7. The molecule has 1 N–H and O–H groups in total. The van der Waals surface area contributed by atoms with Crippen LogP contribution < -0.4 is 34.7 Å². The summed E-state index contributed by atoms with van der Waals surface area (Å²) in [6.45, 7) is 7.35. The average Bonchev–Trinajstić information content (AvgIpc) is 3.45. The third-order valence-corrected chi connectivity index (χ3v) is 11.1. The van der Waals surface area contributed by atoms with Gasteiger partial charge in [0.2, 0.25) is 0 Å². The average molecular weight is 481 g/mol. The van der Waals surface area contributed by atoms with Crippen molar-refractivity contribution in [3.63, 3.8) is 0 Å². The van der Waals surface area contributed by atoms with Gasteiger partial charge in [-0.05, 0) is 104 Å². The molecule has 5 rings (SSSR count). The summed E-state index contributed by atoms with van der Waals surface area (Å²) in [5.41, 5.74) is 0.607. The van der Waals surface area contributed by atoms with Gasteiger partial charge in [0.05, 0.1) is 18.0 Å². The summed E-state index contributed by atoms with van der Waals surface area (Å²) in [6.07, 6.45) is 10.9. The summed E-state index contributed by atoms with van der Waals surface area (Å²) < 4.78 is 5.73. The maximum Gasteiger partial charge on any atom is 1.00 e. The quantitative estimate of drug-likeness (QED) is 0.480. The van der Waals surface area contributed by atoms with E-state index >= 15 is 0 Å². The number of carbonyl (C=O) groups is 1. The minimum absolute atomic E-state index is 0. The first-order valence-electron chi connectivity index (χ1n) is 13.2. The Bertz CT molecular complexity index is 853. The van der Waals surface area contributed by atoms with Gasteiger partial charge >= 0.3 is 29.6 Å². The van der Waals surface area contributed by atoms with Crippen LogP contribution in [0.4, 0.5) is 0 Å². The molecule has 4 fully saturated rings. The number of aromatic nitrogens is 4. The number of fused-ring (bicyclic) bond motifs is 5. The molecule has 0 aromatic carbocycles. The van der Waals surface area contributed by atoms with E-state index in [1.54, 1.807) is 0 Å². The van der Waals surface area contributed by atoms with Crippen molar-refractivity contribution < 1.29 is 44.2 Å². The molecule has 0 aliphatic heterocycles. The molecule has 8 heteroatoms. The Kier molecular flexibility index (Phi) is 8.01. The molecule has 0 amide bonds. The first kappa shape index (κ1) is 26.7. The second kappa shape index (κ2) is 10.2. The van der Waals surface area contributed by atoms with Crippen molar-refractivity contribution in [3.05, 3.63) is 5.82 Å². The molecular weight excluding hydrogens is 439 g/mol. The van der Waals surface area contributed by atoms with Crippen molar-refractivity contribution >= 4 is 5.78 Å². The van der Waals surface area contributed by atoms with Crippen molar-refractivity contribution in [1.29, 1.82) is 0 Å². The number of aliphatic hydroxyl groups is 1. The summed E-state index contributed by atoms with van der Waals surface area (Å²) in [6, 6.07) is 0. The number of rotatable bonds is 6. The Morgan fingerprint density at radius 3 is 2.59 bits per heavy atom. The number of nitrogens with zero attached hydrogens (tertiary/aromatic N) is 4. The van der Waals surface area contributed by atoms with E-state index in [9.17, 15) is 9.90 Å². The van der Waals surface area contributed by atoms with Gasteiger partial charge < -0.3 is 14.9 Å². The number of Topliss-reactive ketones (excluding diaryl/α,β-unsaturated/α-hetero) is 1. The molecule has 4 aliphatic rings. The predicted octanol–water partition coefficient (Wildman–Crippen LogP) is 1.08. The Hall–Kier alpha value is -0.340. The van der Waals surface area contributed by atoms with Crippen LogP contribution in [-0.4, -0.2) is 45.7 Å². The second-order valence-corrected chi connectivity index (χ2v) is 12.3. The van der Waals surface area contributed by atoms with Crippen LogP contribution >= 0.6 is 0 Å². The number of tetrazole rings is 1. The molecule has 0 saturated heterocycles. The van der Waals surface area contributed by atoms with E-state index in [1.807, 2.05) is 7.11 Å². The molecule has 4 saturated carbocycles. The van der Waals surface area contributed by atoms with Gasteiger partial charge in [0.1, 0.15) is 0 Å². The van der Waals surface area contributed by atoms with E-state index in [4.69, 9.17) is 4.74 Å². The number of ketones is 1. The van der Waals surface area contributed by atoms with E-state index in [-0.39, 0.29) is 52.7 Å². The molecule has 184 valence electrons. The molecule has 10 atom stereocenters. The van der Waals surface area contributed by atoms with Crippen LogP contribution in [0.25, 0.3) is 0 Å². The van der Waals surface area contributed by atoms with Crippen LogP contribution in [-0.2, 0) is 4.74 Å². The fourth-order valence-corrected chi connectivity index (χ4v) is 9.30. The van der Waals surface area contributed by atoms with Crippen LogP contribution in [0.2, 0.25) is 0 Å². The Morgan fingerprint density at radius 2 is 1.88 bits per heavy atom. The van der Waals surface area contributed by atoms with Crippen molar-refractivity contribution in [2.24, 2.45) is 46.3 Å². The zero-order chi connectivity index (χ0) is 23.4. The number of ether oxygens (including phenoxy) is 1. The summed E-state index contributed by atoms with van der Waals surface area (Å²) in [5, 5.41) is 25.8. The molecule has 0 bridgehead atoms. The molecule has 7 nitrogen and oxygen atoms in total. The molecule has 4 aliphatic carbocycles. The fraction of sp³-hybridized carbons (Fsp3) is 0.923. The van der Waals surface area contributed by atoms with Crippen molar-refractivity contribution in [3.8, 4) is 0 Å². The maximum absolute atomic E-state index is 12.4. The number of hydrogen-bond acceptors (Lipinski definition) is 6. The van der Waals surface area contributed by atoms with Gasteiger partial charge in [-0.3, -0.25) is 15.1 Å². The van der Waals surface area contributed by atoms with Crippen LogP contribution in [0.3, 0.4) is 0 Å². The SMILES string of the molecule is CO[C@@H]1CC[C@@]2(C)[C@@H](C1)C[C@@H](O)[C@@H]1[C@@H]2CC[C@]2(C)[C@@H]([C@H](C)CCC(=O)c3nnn[n-]3)CC[C@@H]12.[Na+]. The van der Waals surface area contributed by atoms with E-state index in [0.717, 1.165) is 25.7 Å². The molecule has 1 heterocycles. The maximum atomic E-state index is 12.4. The molecule has 0 radical (unpaired) electrons. The standard InChI is InChI=1S/C26H42N4O3.Na/c1-15(5-8-21(31)24-27-29-30-28-24)18-6-7-19-23-20(10-12-26(18,19)3)25(2)11-9-17(33-4)13-16(25)14-22(23)32;/h15-20,22-23,32H,5-14H2,1-4H3,(H,27,28,29,30,31);/q;+1/p-1/t15-,16+,17-,18-,19+,20+,22-,23+,25+,26-;/m1./s1. The van der Waals surface area contributed by atoms with Gasteiger partial charge in [-0.2, -0.15) is 5.21 Å². The molecule has 1 aromatic heterocycles. The third-order valence-electron chi connectivity index (χ3n) is 11.1. The van der Waals surface area contributed by atoms with E-state index in [2.05, 4.69) is 41.4 Å². The first-order valence-corrected chi connectivity index (χ1v) is 13.2. The number of carbonyl (C=O) groups excluding carboxylic acids is 1. The van der Waals surface area contributed by atoms with Crippen LogP contribution in [0, 0.1) is 46.3 Å². The van der Waals surface area contributed by atoms with Gasteiger partial charge in [-0.15, -0.1) is 0 Å². The van der Waals surface area contributed by atoms with Crippen LogP contribution in [0.5, 0.6) is 0 Å². The van der Waals surface area contributed by atoms with Crippen molar-refractivity contribution in [1.82, 2.24) is 20.6 Å². The van der Waals surface area contributed by atoms with E-state index in [0.29, 0.717) is 53.4 Å². The zero-order valence-corrected chi connectivity index (χ0v) is 23.7. The Morgan fingerprint density at radius 1 is 1.15 bits per heavy atom. The molecule has 0 unspecified atom stereocenters. The number of methoxy groups -OCH3 is 1. The molecular formula is C26H41N4NaO3. The first-order chi connectivity index (χ1) is 15.8. The van der Waals surface area contributed by atoms with Crippen molar-refractivity contribution in [2.75, 3.05) is 7.11 Å². The summed E-state index contributed by atoms with van der Waals surface area (Å²) in [5.74, 6) is 3.41. The topological polar surface area (TPSA) is 99.3 Å². The van der Waals surface area contributed by atoms with E-state index < -0.39 is 0 Å². The predicted molar refractivity (Wildman–Crippen MR) is 123 cm³/mol. The Balaban J connectivity index is 0.00000274. The van der Waals surface area contributed by atoms with Crippen molar-refractivity contribution in [2.45, 2.75) is 97.2 Å². The van der Waals surface area contributed by atoms with Gasteiger partial charge in [0.15, 0.2) is 5.78 Å². The monoisotopic (exact) mass is 480 g/mol. The number of aliphatic hydroxyl groups excluding tert-OH is 1. The van der Waals surface area contributed by atoms with Gasteiger partial charge in [-0.1, -0.05) is 20.8 Å². The van der Waals surface area contributed by atoms with Crippen LogP contribution in [0.1, 0.15) is 95.6 Å². The summed E-state index contributed by atoms with van der Waals surface area (Å²) in [4.78, 5) is 12.4. The van der Waals surface area contributed by atoms with E-state index in [1.165, 1.54) is 32.1 Å². The van der Waals surface area contributed by atoms with Gasteiger partial charge in [0, 0.05) is 13.5 Å².